The summed E-state index contributed by atoms with van der Waals surface area (Å²) in [6.45, 7) is 2.47. The van der Waals surface area contributed by atoms with Crippen molar-refractivity contribution in [2.75, 3.05) is 11.9 Å². The van der Waals surface area contributed by atoms with Crippen molar-refractivity contribution >= 4 is 39.1 Å². The largest absolute Gasteiger partial charge is 0.493 e. The number of ether oxygens (including phenoxy) is 1. The lowest BCUT2D eigenvalue weighted by molar-refractivity contribution is -0.137. The number of fused-ring (bicyclic) bond motifs is 2. The first kappa shape index (κ1) is 23.1. The number of nitrogens with one attached hydrogen (secondary N) is 1. The molecule has 1 aliphatic rings. The van der Waals surface area contributed by atoms with E-state index in [1.807, 2.05) is 67.6 Å². The molecule has 0 aliphatic heterocycles. The Morgan fingerprint density at radius 2 is 1.97 bits per heavy atom. The van der Waals surface area contributed by atoms with Crippen LogP contribution < -0.4 is 10.1 Å². The van der Waals surface area contributed by atoms with Gasteiger partial charge in [-0.1, -0.05) is 42.5 Å². The molecule has 1 amide bonds. The van der Waals surface area contributed by atoms with E-state index in [0.717, 1.165) is 45.5 Å². The molecule has 4 aromatic rings. The van der Waals surface area contributed by atoms with Crippen LogP contribution in [0.3, 0.4) is 0 Å². The highest BCUT2D eigenvalue weighted by Gasteiger charge is 2.25. The average molecular weight is 487 g/mol. The molecule has 0 radical (unpaired) electrons. The lowest BCUT2D eigenvalue weighted by Gasteiger charge is -2.10. The van der Waals surface area contributed by atoms with E-state index in [0.29, 0.717) is 23.7 Å². The monoisotopic (exact) mass is 486 g/mol. The van der Waals surface area contributed by atoms with Crippen LogP contribution >= 0.6 is 11.3 Å². The van der Waals surface area contributed by atoms with Gasteiger partial charge in [0.15, 0.2) is 5.13 Å². The van der Waals surface area contributed by atoms with E-state index in [2.05, 4.69) is 10.3 Å². The van der Waals surface area contributed by atoms with Gasteiger partial charge in [0.2, 0.25) is 0 Å². The second-order valence-corrected chi connectivity index (χ2v) is 10.00. The number of carbonyl (C=O) groups is 2. The highest BCUT2D eigenvalue weighted by atomic mass is 32.1. The molecule has 0 spiro atoms. The van der Waals surface area contributed by atoms with Crippen molar-refractivity contribution in [2.24, 2.45) is 0 Å². The molecule has 35 heavy (non-hydrogen) atoms. The van der Waals surface area contributed by atoms with Gasteiger partial charge in [-0.05, 0) is 65.8 Å². The third kappa shape index (κ3) is 5.05. The molecule has 3 aromatic carbocycles. The maximum Gasteiger partial charge on any atom is 0.303 e. The maximum absolute atomic E-state index is 12.9. The molecule has 178 valence electrons. The van der Waals surface area contributed by atoms with E-state index in [-0.39, 0.29) is 18.2 Å². The Kier molecular flexibility index (Phi) is 6.51. The quantitative estimate of drug-likeness (QED) is 0.320. The standard InChI is InChI=1S/C28H26N2O4S/c1-17-25(13-14-34-21-11-12-22-19(15-21)9-10-20(22)16-26(31)32)29-28(35-17)30-27(33)24-8-4-6-18-5-2-3-7-23(18)24/h2-8,11-12,15,20H,9-10,13-14,16H2,1H3,(H,31,32)(H,29,30,33)/t20-/m0/s1. The molecule has 0 saturated heterocycles. The van der Waals surface area contributed by atoms with Crippen LogP contribution in [0.5, 0.6) is 5.75 Å². The van der Waals surface area contributed by atoms with Crippen molar-refractivity contribution in [3.63, 3.8) is 0 Å². The summed E-state index contributed by atoms with van der Waals surface area (Å²) in [6, 6.07) is 19.5. The number of nitrogens with zero attached hydrogens (tertiary/aromatic N) is 1. The summed E-state index contributed by atoms with van der Waals surface area (Å²) < 4.78 is 5.98. The number of hydrogen-bond acceptors (Lipinski definition) is 5. The number of anilines is 1. The number of aryl methyl sites for hydroxylation is 2. The zero-order chi connectivity index (χ0) is 24.4. The summed E-state index contributed by atoms with van der Waals surface area (Å²) in [5, 5.41) is 14.6. The highest BCUT2D eigenvalue weighted by molar-refractivity contribution is 7.15. The first-order valence-electron chi connectivity index (χ1n) is 11.7. The number of aliphatic carboxylic acids is 1. The second-order valence-electron chi connectivity index (χ2n) is 8.80. The predicted octanol–water partition coefficient (Wildman–Crippen LogP) is 5.98. The third-order valence-corrected chi connectivity index (χ3v) is 7.42. The van der Waals surface area contributed by atoms with Gasteiger partial charge in [0.25, 0.3) is 5.91 Å². The van der Waals surface area contributed by atoms with Crippen molar-refractivity contribution in [3.05, 3.63) is 87.9 Å². The van der Waals surface area contributed by atoms with E-state index in [9.17, 15) is 9.59 Å². The first-order chi connectivity index (χ1) is 17.0. The van der Waals surface area contributed by atoms with E-state index >= 15 is 0 Å². The Hall–Kier alpha value is -3.71. The molecular formula is C28H26N2O4S. The number of carbonyl (C=O) groups excluding carboxylic acids is 1. The predicted molar refractivity (Wildman–Crippen MR) is 138 cm³/mol. The molecule has 0 saturated carbocycles. The lowest BCUT2D eigenvalue weighted by Crippen LogP contribution is -2.12. The molecule has 5 rings (SSSR count). The van der Waals surface area contributed by atoms with Crippen molar-refractivity contribution in [3.8, 4) is 5.75 Å². The number of hydrogen-bond donors (Lipinski definition) is 2. The minimum absolute atomic E-state index is 0.0942. The SMILES string of the molecule is Cc1sc(NC(=O)c2cccc3ccccc23)nc1CCOc1ccc2c(c1)CC[C@H]2CC(=O)O. The fourth-order valence-corrected chi connectivity index (χ4v) is 5.62. The van der Waals surface area contributed by atoms with Crippen LogP contribution in [0.15, 0.2) is 60.7 Å². The van der Waals surface area contributed by atoms with Gasteiger partial charge in [-0.3, -0.25) is 14.9 Å². The Morgan fingerprint density at radius 3 is 2.83 bits per heavy atom. The van der Waals surface area contributed by atoms with Gasteiger partial charge in [-0.2, -0.15) is 0 Å². The van der Waals surface area contributed by atoms with Crippen molar-refractivity contribution in [2.45, 2.75) is 38.5 Å². The summed E-state index contributed by atoms with van der Waals surface area (Å²) in [5.41, 5.74) is 3.84. The summed E-state index contributed by atoms with van der Waals surface area (Å²) in [4.78, 5) is 29.7. The van der Waals surface area contributed by atoms with Crippen LogP contribution in [0.2, 0.25) is 0 Å². The molecule has 1 heterocycles. The molecule has 0 fully saturated rings. The van der Waals surface area contributed by atoms with Gasteiger partial charge in [0.1, 0.15) is 5.75 Å². The Balaban J connectivity index is 1.20. The molecule has 7 heteroatoms. The molecule has 1 atom stereocenters. The van der Waals surface area contributed by atoms with E-state index < -0.39 is 5.97 Å². The van der Waals surface area contributed by atoms with E-state index in [1.165, 1.54) is 16.9 Å². The fraction of sp³-hybridized carbons (Fsp3) is 0.250. The number of rotatable bonds is 8. The Morgan fingerprint density at radius 1 is 1.14 bits per heavy atom. The summed E-state index contributed by atoms with van der Waals surface area (Å²) in [7, 11) is 0. The topological polar surface area (TPSA) is 88.5 Å². The van der Waals surface area contributed by atoms with Crippen LogP contribution in [-0.4, -0.2) is 28.6 Å². The fourth-order valence-electron chi connectivity index (χ4n) is 4.76. The number of aromatic nitrogens is 1. The van der Waals surface area contributed by atoms with Crippen molar-refractivity contribution in [1.82, 2.24) is 4.98 Å². The lowest BCUT2D eigenvalue weighted by atomic mass is 9.98. The number of carboxylic acids is 1. The van der Waals surface area contributed by atoms with Crippen LogP contribution in [0.1, 0.15) is 50.8 Å². The van der Waals surface area contributed by atoms with Crippen LogP contribution in [0.25, 0.3) is 10.8 Å². The normalized spacial score (nSPS) is 14.6. The highest BCUT2D eigenvalue weighted by Crippen LogP contribution is 2.37. The Bertz CT molecular complexity index is 1410. The molecule has 0 unspecified atom stereocenters. The molecular weight excluding hydrogens is 460 g/mol. The number of benzene rings is 3. The first-order valence-corrected chi connectivity index (χ1v) is 12.5. The summed E-state index contributed by atoms with van der Waals surface area (Å²) >= 11 is 1.46. The van der Waals surface area contributed by atoms with Crippen LogP contribution in [0.4, 0.5) is 5.13 Å². The minimum Gasteiger partial charge on any atom is -0.493 e. The van der Waals surface area contributed by atoms with E-state index in [4.69, 9.17) is 9.84 Å². The van der Waals surface area contributed by atoms with Crippen LogP contribution in [0, 0.1) is 6.92 Å². The van der Waals surface area contributed by atoms with Gasteiger partial charge in [0.05, 0.1) is 18.7 Å². The molecule has 1 aliphatic carbocycles. The molecule has 6 nitrogen and oxygen atoms in total. The Labute approximate surface area is 207 Å². The second kappa shape index (κ2) is 9.88. The van der Waals surface area contributed by atoms with Gasteiger partial charge < -0.3 is 9.84 Å². The number of amides is 1. The number of thiazole rings is 1. The summed E-state index contributed by atoms with van der Waals surface area (Å²) in [6.07, 6.45) is 2.56. The summed E-state index contributed by atoms with van der Waals surface area (Å²) in [5.74, 6) is -0.0408. The van der Waals surface area contributed by atoms with Gasteiger partial charge >= 0.3 is 5.97 Å². The van der Waals surface area contributed by atoms with Gasteiger partial charge in [0, 0.05) is 16.9 Å². The molecule has 1 aromatic heterocycles. The molecule has 2 N–H and O–H groups in total. The zero-order valence-corrected chi connectivity index (χ0v) is 20.2. The van der Waals surface area contributed by atoms with Gasteiger partial charge in [-0.15, -0.1) is 11.3 Å². The van der Waals surface area contributed by atoms with Crippen molar-refractivity contribution in [1.29, 1.82) is 0 Å². The minimum atomic E-state index is -0.755. The van der Waals surface area contributed by atoms with E-state index in [1.54, 1.807) is 0 Å². The maximum atomic E-state index is 12.9. The van der Waals surface area contributed by atoms with Crippen LogP contribution in [-0.2, 0) is 17.6 Å². The third-order valence-electron chi connectivity index (χ3n) is 6.49. The zero-order valence-electron chi connectivity index (χ0n) is 19.4. The smallest absolute Gasteiger partial charge is 0.303 e. The van der Waals surface area contributed by atoms with Crippen molar-refractivity contribution < 1.29 is 19.4 Å². The number of carboxylic acid groups (broad SMARTS) is 1. The average Bonchev–Trinajstić information content (AvgIpc) is 3.40. The van der Waals surface area contributed by atoms with Gasteiger partial charge in [-0.25, -0.2) is 4.98 Å². The molecule has 0 bridgehead atoms.